The smallest absolute Gasteiger partial charge is 0.343 e. The fraction of sp³-hybridized carbons (Fsp3) is 0.280. The molecule has 0 saturated carbocycles. The zero-order chi connectivity index (χ0) is 21.5. The van der Waals surface area contributed by atoms with Gasteiger partial charge in [-0.05, 0) is 60.2 Å². The van der Waals surface area contributed by atoms with Crippen LogP contribution in [0, 0.1) is 23.0 Å². The van der Waals surface area contributed by atoms with Gasteiger partial charge in [0.15, 0.2) is 5.82 Å². The predicted octanol–water partition coefficient (Wildman–Crippen LogP) is 6.72. The maximum Gasteiger partial charge on any atom is 0.343 e. The van der Waals surface area contributed by atoms with E-state index in [1.807, 2.05) is 12.1 Å². The van der Waals surface area contributed by atoms with Crippen molar-refractivity contribution in [2.75, 3.05) is 0 Å². The van der Waals surface area contributed by atoms with Crippen LogP contribution in [0.25, 0.3) is 10.8 Å². The number of nitrogens with zero attached hydrogens (tertiary/aromatic N) is 1. The number of benzene rings is 3. The van der Waals surface area contributed by atoms with Crippen LogP contribution in [0.4, 0.5) is 8.78 Å². The lowest BCUT2D eigenvalue weighted by molar-refractivity contribution is 0.0735. The van der Waals surface area contributed by atoms with Gasteiger partial charge in [-0.15, -0.1) is 0 Å². The van der Waals surface area contributed by atoms with Gasteiger partial charge in [0, 0.05) is 5.39 Å². The molecule has 3 nitrogen and oxygen atoms in total. The molecular formula is C25H23F2NO2. The molecule has 0 saturated heterocycles. The monoisotopic (exact) mass is 407 g/mol. The van der Waals surface area contributed by atoms with Crippen LogP contribution in [-0.4, -0.2) is 5.97 Å². The average molecular weight is 407 g/mol. The number of esters is 1. The normalized spacial score (nSPS) is 10.7. The zero-order valence-corrected chi connectivity index (χ0v) is 16.9. The lowest BCUT2D eigenvalue weighted by Gasteiger charge is -2.08. The van der Waals surface area contributed by atoms with Crippen LogP contribution in [0.2, 0.25) is 0 Å². The molecule has 0 aliphatic carbocycles. The summed E-state index contributed by atoms with van der Waals surface area (Å²) < 4.78 is 33.4. The van der Waals surface area contributed by atoms with Crippen LogP contribution in [0.3, 0.4) is 0 Å². The van der Waals surface area contributed by atoms with Gasteiger partial charge in [0.1, 0.15) is 23.2 Å². The SMILES string of the molecule is CCCCCCCc1ccc(C(=O)Oc2ccc3c(F)c(C#N)c(F)cc3c2)cc1. The van der Waals surface area contributed by atoms with Gasteiger partial charge in [0.2, 0.25) is 0 Å². The standard InChI is InChI=1S/C25H23F2NO2/c1-2-3-4-5-6-7-17-8-10-18(11-9-17)25(29)30-20-12-13-21-19(14-20)15-23(26)22(16-28)24(21)27/h8-15H,2-7H2,1H3. The van der Waals surface area contributed by atoms with Crippen LogP contribution in [0.15, 0.2) is 48.5 Å². The van der Waals surface area contributed by atoms with E-state index in [9.17, 15) is 13.6 Å². The molecule has 0 atom stereocenters. The largest absolute Gasteiger partial charge is 0.423 e. The predicted molar refractivity (Wildman–Crippen MR) is 112 cm³/mol. The number of hydrogen-bond acceptors (Lipinski definition) is 3. The van der Waals surface area contributed by atoms with Gasteiger partial charge >= 0.3 is 5.97 Å². The van der Waals surface area contributed by atoms with E-state index >= 15 is 0 Å². The van der Waals surface area contributed by atoms with E-state index in [-0.39, 0.29) is 16.5 Å². The summed E-state index contributed by atoms with van der Waals surface area (Å²) in [6.45, 7) is 2.19. The number of fused-ring (bicyclic) bond motifs is 1. The van der Waals surface area contributed by atoms with Crippen molar-refractivity contribution in [1.82, 2.24) is 0 Å². The highest BCUT2D eigenvalue weighted by atomic mass is 19.1. The molecule has 154 valence electrons. The molecule has 0 heterocycles. The molecule has 3 aromatic rings. The van der Waals surface area contributed by atoms with Gasteiger partial charge < -0.3 is 4.74 Å². The summed E-state index contributed by atoms with van der Waals surface area (Å²) >= 11 is 0. The Kier molecular flexibility index (Phi) is 7.13. The van der Waals surface area contributed by atoms with Crippen molar-refractivity contribution in [3.63, 3.8) is 0 Å². The van der Waals surface area contributed by atoms with Crippen molar-refractivity contribution < 1.29 is 18.3 Å². The first-order valence-corrected chi connectivity index (χ1v) is 10.2. The lowest BCUT2D eigenvalue weighted by atomic mass is 10.0. The fourth-order valence-electron chi connectivity index (χ4n) is 3.38. The quantitative estimate of drug-likeness (QED) is 0.236. The minimum atomic E-state index is -0.948. The number of hydrogen-bond donors (Lipinski definition) is 0. The molecule has 5 heteroatoms. The van der Waals surface area contributed by atoms with Crippen LogP contribution in [0.1, 0.15) is 60.5 Å². The van der Waals surface area contributed by atoms with Crippen molar-refractivity contribution in [1.29, 1.82) is 5.26 Å². The number of unbranched alkanes of at least 4 members (excludes halogenated alkanes) is 4. The van der Waals surface area contributed by atoms with Crippen LogP contribution >= 0.6 is 0 Å². The van der Waals surface area contributed by atoms with Crippen molar-refractivity contribution >= 4 is 16.7 Å². The minimum absolute atomic E-state index is 0.0936. The first kappa shape index (κ1) is 21.4. The number of carbonyl (C=O) groups is 1. The number of ether oxygens (including phenoxy) is 1. The summed E-state index contributed by atoms with van der Waals surface area (Å²) in [5.74, 6) is -2.23. The van der Waals surface area contributed by atoms with Crippen molar-refractivity contribution in [3.8, 4) is 11.8 Å². The maximum atomic E-state index is 14.2. The summed E-state index contributed by atoms with van der Waals surface area (Å²) in [6, 6.07) is 14.0. The Bertz CT molecular complexity index is 1080. The van der Waals surface area contributed by atoms with E-state index < -0.39 is 23.2 Å². The fourth-order valence-corrected chi connectivity index (χ4v) is 3.38. The number of aryl methyl sites for hydroxylation is 1. The third-order valence-corrected chi connectivity index (χ3v) is 5.08. The molecule has 3 rings (SSSR count). The second kappa shape index (κ2) is 9.98. The number of rotatable bonds is 8. The van der Waals surface area contributed by atoms with Crippen LogP contribution < -0.4 is 4.74 Å². The summed E-state index contributed by atoms with van der Waals surface area (Å²) in [5, 5.41) is 9.17. The Morgan fingerprint density at radius 1 is 1.00 bits per heavy atom. The summed E-state index contributed by atoms with van der Waals surface area (Å²) in [5.41, 5.74) is 0.952. The molecule has 0 aliphatic heterocycles. The molecule has 30 heavy (non-hydrogen) atoms. The Morgan fingerprint density at radius 2 is 1.73 bits per heavy atom. The number of halogens is 2. The molecule has 3 aromatic carbocycles. The molecular weight excluding hydrogens is 384 g/mol. The molecule has 0 bridgehead atoms. The molecule has 0 unspecified atom stereocenters. The van der Waals surface area contributed by atoms with Gasteiger partial charge in [-0.25, -0.2) is 13.6 Å². The minimum Gasteiger partial charge on any atom is -0.423 e. The molecule has 0 amide bonds. The van der Waals surface area contributed by atoms with E-state index in [1.54, 1.807) is 12.1 Å². The third kappa shape index (κ3) is 5.01. The van der Waals surface area contributed by atoms with E-state index in [0.29, 0.717) is 5.56 Å². The van der Waals surface area contributed by atoms with Gasteiger partial charge in [-0.1, -0.05) is 44.7 Å². The van der Waals surface area contributed by atoms with E-state index in [2.05, 4.69) is 6.92 Å². The molecule has 0 spiro atoms. The van der Waals surface area contributed by atoms with Gasteiger partial charge in [-0.2, -0.15) is 5.26 Å². The average Bonchev–Trinajstić information content (AvgIpc) is 2.74. The second-order valence-electron chi connectivity index (χ2n) is 7.29. The third-order valence-electron chi connectivity index (χ3n) is 5.08. The first-order chi connectivity index (χ1) is 14.5. The molecule has 0 aliphatic rings. The number of nitriles is 1. The highest BCUT2D eigenvalue weighted by Gasteiger charge is 2.15. The van der Waals surface area contributed by atoms with Crippen molar-refractivity contribution in [2.45, 2.75) is 45.4 Å². The number of carbonyl (C=O) groups excluding carboxylic acids is 1. The van der Waals surface area contributed by atoms with Gasteiger partial charge in [-0.3, -0.25) is 0 Å². The van der Waals surface area contributed by atoms with Crippen molar-refractivity contribution in [3.05, 3.63) is 76.9 Å². The van der Waals surface area contributed by atoms with Gasteiger partial charge in [0.05, 0.1) is 5.56 Å². The Hall–Kier alpha value is -3.26. The van der Waals surface area contributed by atoms with E-state index in [1.165, 1.54) is 55.5 Å². The first-order valence-electron chi connectivity index (χ1n) is 10.2. The van der Waals surface area contributed by atoms with E-state index in [4.69, 9.17) is 10.00 Å². The Balaban J connectivity index is 1.67. The zero-order valence-electron chi connectivity index (χ0n) is 16.9. The highest BCUT2D eigenvalue weighted by molar-refractivity contribution is 5.92. The molecule has 0 aromatic heterocycles. The summed E-state index contributed by atoms with van der Waals surface area (Å²) in [4.78, 5) is 12.4. The topological polar surface area (TPSA) is 50.1 Å². The Labute approximate surface area is 174 Å². The lowest BCUT2D eigenvalue weighted by Crippen LogP contribution is -2.08. The molecule has 0 radical (unpaired) electrons. The highest BCUT2D eigenvalue weighted by Crippen LogP contribution is 2.27. The van der Waals surface area contributed by atoms with E-state index in [0.717, 1.165) is 18.9 Å². The van der Waals surface area contributed by atoms with Gasteiger partial charge in [0.25, 0.3) is 0 Å². The Morgan fingerprint density at radius 3 is 2.43 bits per heavy atom. The van der Waals surface area contributed by atoms with Crippen molar-refractivity contribution in [2.24, 2.45) is 0 Å². The van der Waals surface area contributed by atoms with Crippen LogP contribution in [0.5, 0.6) is 5.75 Å². The molecule has 0 N–H and O–H groups in total. The summed E-state index contributed by atoms with van der Waals surface area (Å²) in [6.07, 6.45) is 7.04. The maximum absolute atomic E-state index is 14.2. The second-order valence-corrected chi connectivity index (χ2v) is 7.29. The van der Waals surface area contributed by atoms with Crippen LogP contribution in [-0.2, 0) is 6.42 Å². The molecule has 0 fully saturated rings. The summed E-state index contributed by atoms with van der Waals surface area (Å²) in [7, 11) is 0.